The van der Waals surface area contributed by atoms with Crippen LogP contribution < -0.4 is 0 Å². The first-order valence-corrected chi connectivity index (χ1v) is 5.92. The summed E-state index contributed by atoms with van der Waals surface area (Å²) < 4.78 is 50.8. The van der Waals surface area contributed by atoms with E-state index in [1.165, 1.54) is 12.1 Å². The molecule has 1 aromatic rings. The van der Waals surface area contributed by atoms with Crippen molar-refractivity contribution in [1.29, 1.82) is 0 Å². The summed E-state index contributed by atoms with van der Waals surface area (Å²) in [5, 5.41) is 0. The minimum Gasteiger partial charge on any atom is -0.330 e. The van der Waals surface area contributed by atoms with E-state index in [0.29, 0.717) is 16.0 Å². The second-order valence-corrected chi connectivity index (χ2v) is 4.83. The summed E-state index contributed by atoms with van der Waals surface area (Å²) in [7, 11) is 0. The molecule has 0 atom stereocenters. The van der Waals surface area contributed by atoms with Gasteiger partial charge < -0.3 is 4.90 Å². The van der Waals surface area contributed by atoms with Crippen LogP contribution in [0.15, 0.2) is 16.6 Å². The molecule has 0 saturated heterocycles. The molecule has 18 heavy (non-hydrogen) atoms. The lowest BCUT2D eigenvalue weighted by molar-refractivity contribution is -0.186. The van der Waals surface area contributed by atoms with Crippen molar-refractivity contribution >= 4 is 21.8 Å². The number of fused-ring (bicyclic) bond motifs is 1. The number of amides is 1. The Morgan fingerprint density at radius 3 is 2.61 bits per heavy atom. The normalized spacial score (nSPS) is 15.5. The lowest BCUT2D eigenvalue weighted by Gasteiger charge is -2.29. The number of hydrogen-bond acceptors (Lipinski definition) is 1. The van der Waals surface area contributed by atoms with E-state index in [2.05, 4.69) is 15.9 Å². The quantitative estimate of drug-likeness (QED) is 0.671. The van der Waals surface area contributed by atoms with Crippen LogP contribution >= 0.6 is 15.9 Å². The maximum absolute atomic E-state index is 13.7. The van der Waals surface area contributed by atoms with Crippen molar-refractivity contribution in [3.8, 4) is 0 Å². The van der Waals surface area contributed by atoms with Gasteiger partial charge in [0.1, 0.15) is 5.82 Å². The van der Waals surface area contributed by atoms with Crippen molar-refractivity contribution in [2.75, 3.05) is 6.54 Å². The van der Waals surface area contributed by atoms with E-state index in [1.807, 2.05) is 0 Å². The largest absolute Gasteiger partial charge is 0.471 e. The van der Waals surface area contributed by atoms with Crippen molar-refractivity contribution in [3.05, 3.63) is 33.5 Å². The Bertz CT molecular complexity index is 501. The van der Waals surface area contributed by atoms with Crippen LogP contribution in [0.25, 0.3) is 0 Å². The maximum Gasteiger partial charge on any atom is 0.471 e. The smallest absolute Gasteiger partial charge is 0.330 e. The van der Waals surface area contributed by atoms with Crippen LogP contribution in [-0.2, 0) is 17.8 Å². The SMILES string of the molecule is O=C(N1CCc2c(ccc(Br)c2F)C1)C(F)(F)F. The molecule has 2 rings (SSSR count). The van der Waals surface area contributed by atoms with Gasteiger partial charge in [0.2, 0.25) is 0 Å². The zero-order chi connectivity index (χ0) is 13.5. The number of benzene rings is 1. The van der Waals surface area contributed by atoms with Gasteiger partial charge in [-0.05, 0) is 39.5 Å². The van der Waals surface area contributed by atoms with E-state index in [4.69, 9.17) is 0 Å². The Kier molecular flexibility index (Phi) is 3.35. The summed E-state index contributed by atoms with van der Waals surface area (Å²) in [6.07, 6.45) is -4.80. The van der Waals surface area contributed by atoms with Crippen LogP contribution in [0.4, 0.5) is 17.6 Å². The average molecular weight is 326 g/mol. The predicted molar refractivity (Wildman–Crippen MR) is 59.3 cm³/mol. The number of carbonyl (C=O) groups excluding carboxylic acids is 1. The van der Waals surface area contributed by atoms with Gasteiger partial charge in [-0.3, -0.25) is 4.79 Å². The molecule has 0 fully saturated rings. The molecule has 0 saturated carbocycles. The first kappa shape index (κ1) is 13.3. The van der Waals surface area contributed by atoms with Gasteiger partial charge in [0, 0.05) is 13.1 Å². The molecule has 1 heterocycles. The van der Waals surface area contributed by atoms with E-state index in [0.717, 1.165) is 0 Å². The van der Waals surface area contributed by atoms with Crippen LogP contribution in [-0.4, -0.2) is 23.5 Å². The fraction of sp³-hybridized carbons (Fsp3) is 0.364. The predicted octanol–water partition coefficient (Wildman–Crippen LogP) is 3.04. The highest BCUT2D eigenvalue weighted by Crippen LogP contribution is 2.29. The Balaban J connectivity index is 2.27. The van der Waals surface area contributed by atoms with Gasteiger partial charge in [-0.2, -0.15) is 13.2 Å². The molecule has 98 valence electrons. The molecule has 0 aromatic heterocycles. The van der Waals surface area contributed by atoms with Gasteiger partial charge in [0.25, 0.3) is 0 Å². The summed E-state index contributed by atoms with van der Waals surface area (Å²) in [6, 6.07) is 2.95. The fourth-order valence-electron chi connectivity index (χ4n) is 1.94. The number of hydrogen-bond donors (Lipinski definition) is 0. The maximum atomic E-state index is 13.7. The highest BCUT2D eigenvalue weighted by Gasteiger charge is 2.43. The second-order valence-electron chi connectivity index (χ2n) is 3.97. The van der Waals surface area contributed by atoms with E-state index in [9.17, 15) is 22.4 Å². The molecule has 1 aromatic carbocycles. The van der Waals surface area contributed by atoms with Crippen LogP contribution in [0.2, 0.25) is 0 Å². The molecule has 7 heteroatoms. The average Bonchev–Trinajstić information content (AvgIpc) is 2.31. The van der Waals surface area contributed by atoms with Crippen LogP contribution in [0.5, 0.6) is 0 Å². The molecule has 1 amide bonds. The molecule has 0 radical (unpaired) electrons. The lowest BCUT2D eigenvalue weighted by Crippen LogP contribution is -2.43. The van der Waals surface area contributed by atoms with E-state index >= 15 is 0 Å². The molecule has 0 N–H and O–H groups in total. The Morgan fingerprint density at radius 2 is 2.00 bits per heavy atom. The summed E-state index contributed by atoms with van der Waals surface area (Å²) in [4.78, 5) is 11.8. The molecule has 0 unspecified atom stereocenters. The number of alkyl halides is 3. The van der Waals surface area contributed by atoms with Crippen molar-refractivity contribution in [1.82, 2.24) is 4.90 Å². The first-order valence-electron chi connectivity index (χ1n) is 5.12. The molecule has 2 nitrogen and oxygen atoms in total. The molecule has 0 bridgehead atoms. The zero-order valence-electron chi connectivity index (χ0n) is 9.02. The summed E-state index contributed by atoms with van der Waals surface area (Å²) in [6.45, 7) is -0.337. The number of halogens is 5. The fourth-order valence-corrected chi connectivity index (χ4v) is 2.31. The minimum atomic E-state index is -4.88. The summed E-state index contributed by atoms with van der Waals surface area (Å²) in [5.41, 5.74) is 0.787. The Labute approximate surface area is 109 Å². The third-order valence-electron chi connectivity index (χ3n) is 2.82. The molecule has 1 aliphatic rings. The van der Waals surface area contributed by atoms with Crippen LogP contribution in [0, 0.1) is 5.82 Å². The molecule has 1 aliphatic heterocycles. The molecular weight excluding hydrogens is 318 g/mol. The highest BCUT2D eigenvalue weighted by molar-refractivity contribution is 9.10. The minimum absolute atomic E-state index is 0.0857. The number of nitrogens with zero attached hydrogens (tertiary/aromatic N) is 1. The van der Waals surface area contributed by atoms with Crippen molar-refractivity contribution < 1.29 is 22.4 Å². The van der Waals surface area contributed by atoms with Crippen LogP contribution in [0.1, 0.15) is 11.1 Å². The van der Waals surface area contributed by atoms with Gasteiger partial charge in [-0.25, -0.2) is 4.39 Å². The third-order valence-corrected chi connectivity index (χ3v) is 3.43. The van der Waals surface area contributed by atoms with Gasteiger partial charge in [0.05, 0.1) is 4.47 Å². The number of rotatable bonds is 0. The summed E-state index contributed by atoms with van der Waals surface area (Å²) >= 11 is 3.01. The number of carbonyl (C=O) groups is 1. The first-order chi connectivity index (χ1) is 8.30. The molecule has 0 aliphatic carbocycles. The van der Waals surface area contributed by atoms with Crippen LogP contribution in [0.3, 0.4) is 0 Å². The lowest BCUT2D eigenvalue weighted by atomic mass is 9.99. The second kappa shape index (κ2) is 4.53. The molecular formula is C11H8BrF4NO. The van der Waals surface area contributed by atoms with E-state index < -0.39 is 17.9 Å². The van der Waals surface area contributed by atoms with Crippen molar-refractivity contribution in [2.24, 2.45) is 0 Å². The summed E-state index contributed by atoms with van der Waals surface area (Å²) in [5.74, 6) is -2.34. The van der Waals surface area contributed by atoms with Crippen molar-refractivity contribution in [3.63, 3.8) is 0 Å². The topological polar surface area (TPSA) is 20.3 Å². The standard InChI is InChI=1S/C11H8BrF4NO/c12-8-2-1-6-5-17(10(18)11(14,15)16)4-3-7(6)9(8)13/h1-2H,3-5H2. The van der Waals surface area contributed by atoms with E-state index in [-0.39, 0.29) is 24.0 Å². The van der Waals surface area contributed by atoms with Gasteiger partial charge in [-0.1, -0.05) is 6.07 Å². The highest BCUT2D eigenvalue weighted by atomic mass is 79.9. The van der Waals surface area contributed by atoms with E-state index in [1.54, 1.807) is 0 Å². The monoisotopic (exact) mass is 325 g/mol. The van der Waals surface area contributed by atoms with Gasteiger partial charge in [0.15, 0.2) is 0 Å². The zero-order valence-corrected chi connectivity index (χ0v) is 10.6. The third kappa shape index (κ3) is 2.36. The van der Waals surface area contributed by atoms with Crippen molar-refractivity contribution in [2.45, 2.75) is 19.1 Å². The Hall–Kier alpha value is -1.11. The van der Waals surface area contributed by atoms with Gasteiger partial charge in [-0.15, -0.1) is 0 Å². The van der Waals surface area contributed by atoms with Gasteiger partial charge >= 0.3 is 12.1 Å². The molecule has 0 spiro atoms. The Morgan fingerprint density at radius 1 is 1.33 bits per heavy atom.